The number of nitrogens with zero attached hydrogens (tertiary/aromatic N) is 1. The van der Waals surface area contributed by atoms with Crippen LogP contribution >= 0.6 is 0 Å². The van der Waals surface area contributed by atoms with E-state index in [2.05, 4.69) is 48.7 Å². The van der Waals surface area contributed by atoms with E-state index in [1.54, 1.807) is 6.92 Å². The van der Waals surface area contributed by atoms with Crippen LogP contribution in [0, 0.1) is 5.92 Å². The number of hydrogen-bond acceptors (Lipinski definition) is 3. The van der Waals surface area contributed by atoms with Crippen LogP contribution in [-0.4, -0.2) is 41.4 Å². The number of carbonyl (C=O) groups is 3. The molecule has 2 aliphatic rings. The van der Waals surface area contributed by atoms with Crippen LogP contribution in [0.3, 0.4) is 0 Å². The standard InChI is InChI=1S/C20H27N3O3/c1-13(2)15-6-4-14(5-7-15)10-11-21-17(24)12-23-18(25)20(3,16-8-9-16)22-19(23)26/h4-7,13,16H,8-12H2,1-3H3,(H,21,24)(H,22,26)/t20-/m1/s1. The molecule has 26 heavy (non-hydrogen) atoms. The molecule has 4 amide bonds. The van der Waals surface area contributed by atoms with Crippen molar-refractivity contribution in [3.8, 4) is 0 Å². The number of hydrogen-bond donors (Lipinski definition) is 2. The van der Waals surface area contributed by atoms with Crippen molar-refractivity contribution in [2.45, 2.75) is 51.5 Å². The molecule has 6 heteroatoms. The summed E-state index contributed by atoms with van der Waals surface area (Å²) in [5, 5.41) is 5.55. The molecule has 0 unspecified atom stereocenters. The highest BCUT2D eigenvalue weighted by atomic mass is 16.2. The minimum Gasteiger partial charge on any atom is -0.354 e. The lowest BCUT2D eigenvalue weighted by molar-refractivity contribution is -0.135. The fourth-order valence-corrected chi connectivity index (χ4v) is 3.41. The van der Waals surface area contributed by atoms with Crippen molar-refractivity contribution in [3.05, 3.63) is 35.4 Å². The lowest BCUT2D eigenvalue weighted by Gasteiger charge is -2.20. The fraction of sp³-hybridized carbons (Fsp3) is 0.550. The second-order valence-electron chi connectivity index (χ2n) is 7.79. The second-order valence-corrected chi connectivity index (χ2v) is 7.79. The Bertz CT molecular complexity index is 710. The summed E-state index contributed by atoms with van der Waals surface area (Å²) in [7, 11) is 0. The van der Waals surface area contributed by atoms with Gasteiger partial charge < -0.3 is 10.6 Å². The molecule has 1 saturated carbocycles. The predicted molar refractivity (Wildman–Crippen MR) is 98.6 cm³/mol. The van der Waals surface area contributed by atoms with Crippen molar-refractivity contribution in [2.75, 3.05) is 13.1 Å². The monoisotopic (exact) mass is 357 g/mol. The summed E-state index contributed by atoms with van der Waals surface area (Å²) in [5.74, 6) is 0.0896. The van der Waals surface area contributed by atoms with Crippen LogP contribution in [0.1, 0.15) is 50.7 Å². The largest absolute Gasteiger partial charge is 0.354 e. The van der Waals surface area contributed by atoms with Crippen LogP contribution in [-0.2, 0) is 16.0 Å². The highest BCUT2D eigenvalue weighted by Crippen LogP contribution is 2.42. The Morgan fingerprint density at radius 3 is 2.50 bits per heavy atom. The Morgan fingerprint density at radius 2 is 1.92 bits per heavy atom. The lowest BCUT2D eigenvalue weighted by Crippen LogP contribution is -2.47. The van der Waals surface area contributed by atoms with Crippen LogP contribution in [0.15, 0.2) is 24.3 Å². The van der Waals surface area contributed by atoms with Crippen LogP contribution in [0.5, 0.6) is 0 Å². The Balaban J connectivity index is 1.47. The molecule has 2 fully saturated rings. The Hall–Kier alpha value is -2.37. The summed E-state index contributed by atoms with van der Waals surface area (Å²) in [6.07, 6.45) is 2.60. The number of rotatable bonds is 7. The van der Waals surface area contributed by atoms with Crippen molar-refractivity contribution in [2.24, 2.45) is 5.92 Å². The third-order valence-electron chi connectivity index (χ3n) is 5.38. The molecule has 0 bridgehead atoms. The number of amides is 4. The topological polar surface area (TPSA) is 78.5 Å². The summed E-state index contributed by atoms with van der Waals surface area (Å²) in [5.41, 5.74) is 1.59. The molecule has 1 atom stereocenters. The zero-order chi connectivity index (χ0) is 18.9. The number of carbonyl (C=O) groups excluding carboxylic acids is 3. The zero-order valence-electron chi connectivity index (χ0n) is 15.7. The molecule has 1 aromatic rings. The summed E-state index contributed by atoms with van der Waals surface area (Å²) in [4.78, 5) is 37.7. The van der Waals surface area contributed by atoms with Crippen LogP contribution < -0.4 is 10.6 Å². The van der Waals surface area contributed by atoms with E-state index in [4.69, 9.17) is 0 Å². The Labute approximate surface area is 154 Å². The quantitative estimate of drug-likeness (QED) is 0.734. The molecular weight excluding hydrogens is 330 g/mol. The van der Waals surface area contributed by atoms with Gasteiger partial charge in [-0.15, -0.1) is 0 Å². The molecule has 1 aliphatic carbocycles. The third kappa shape index (κ3) is 3.74. The molecule has 2 N–H and O–H groups in total. The Kier molecular flexibility index (Phi) is 5.03. The van der Waals surface area contributed by atoms with Crippen molar-refractivity contribution in [1.29, 1.82) is 0 Å². The van der Waals surface area contributed by atoms with Gasteiger partial charge in [-0.2, -0.15) is 0 Å². The van der Waals surface area contributed by atoms with E-state index >= 15 is 0 Å². The highest BCUT2D eigenvalue weighted by molar-refractivity contribution is 6.09. The summed E-state index contributed by atoms with van der Waals surface area (Å²) >= 11 is 0. The average molecular weight is 357 g/mol. The average Bonchev–Trinajstić information content (AvgIpc) is 3.42. The van der Waals surface area contributed by atoms with Gasteiger partial charge in [0.05, 0.1) is 0 Å². The molecule has 1 aliphatic heterocycles. The summed E-state index contributed by atoms with van der Waals surface area (Å²) in [6.45, 7) is 6.31. The fourth-order valence-electron chi connectivity index (χ4n) is 3.41. The molecule has 1 aromatic carbocycles. The minimum atomic E-state index is -0.838. The summed E-state index contributed by atoms with van der Waals surface area (Å²) in [6, 6.07) is 7.88. The van der Waals surface area contributed by atoms with Gasteiger partial charge >= 0.3 is 6.03 Å². The minimum absolute atomic E-state index is 0.195. The number of imide groups is 1. The first-order valence-electron chi connectivity index (χ1n) is 9.31. The van der Waals surface area contributed by atoms with Gasteiger partial charge in [-0.3, -0.25) is 14.5 Å². The van der Waals surface area contributed by atoms with Gasteiger partial charge in [-0.1, -0.05) is 38.1 Å². The van der Waals surface area contributed by atoms with Gasteiger partial charge in [0.2, 0.25) is 5.91 Å². The Morgan fingerprint density at radius 1 is 1.27 bits per heavy atom. The summed E-state index contributed by atoms with van der Waals surface area (Å²) < 4.78 is 0. The second kappa shape index (κ2) is 7.09. The maximum atomic E-state index is 12.5. The van der Waals surface area contributed by atoms with E-state index in [1.807, 2.05) is 0 Å². The zero-order valence-corrected chi connectivity index (χ0v) is 15.7. The van der Waals surface area contributed by atoms with E-state index in [1.165, 1.54) is 5.56 Å². The van der Waals surface area contributed by atoms with Crippen molar-refractivity contribution >= 4 is 17.8 Å². The first kappa shape index (κ1) is 18.4. The molecule has 6 nitrogen and oxygen atoms in total. The maximum Gasteiger partial charge on any atom is 0.325 e. The van der Waals surface area contributed by atoms with Crippen LogP contribution in [0.25, 0.3) is 0 Å². The van der Waals surface area contributed by atoms with E-state index in [9.17, 15) is 14.4 Å². The van der Waals surface area contributed by atoms with Crippen molar-refractivity contribution in [1.82, 2.24) is 15.5 Å². The van der Waals surface area contributed by atoms with Crippen LogP contribution in [0.2, 0.25) is 0 Å². The van der Waals surface area contributed by atoms with Crippen molar-refractivity contribution < 1.29 is 14.4 Å². The van der Waals surface area contributed by atoms with Gasteiger partial charge in [0.15, 0.2) is 0 Å². The first-order valence-corrected chi connectivity index (χ1v) is 9.31. The normalized spacial score (nSPS) is 22.7. The third-order valence-corrected chi connectivity index (χ3v) is 5.38. The number of benzene rings is 1. The molecule has 0 spiro atoms. The molecule has 1 saturated heterocycles. The molecule has 1 heterocycles. The van der Waals surface area contributed by atoms with E-state index in [0.29, 0.717) is 18.9 Å². The predicted octanol–water partition coefficient (Wildman–Crippen LogP) is 2.19. The van der Waals surface area contributed by atoms with Crippen LogP contribution in [0.4, 0.5) is 4.79 Å². The molecule has 140 valence electrons. The van der Waals surface area contributed by atoms with E-state index in [0.717, 1.165) is 23.3 Å². The SMILES string of the molecule is CC(C)c1ccc(CCNC(=O)CN2C(=O)N[C@](C)(C3CC3)C2=O)cc1. The van der Waals surface area contributed by atoms with Gasteiger partial charge in [-0.05, 0) is 49.1 Å². The van der Waals surface area contributed by atoms with E-state index in [-0.39, 0.29) is 24.3 Å². The molecule has 3 rings (SSSR count). The van der Waals surface area contributed by atoms with Gasteiger partial charge in [0, 0.05) is 6.54 Å². The highest BCUT2D eigenvalue weighted by Gasteiger charge is 2.56. The maximum absolute atomic E-state index is 12.5. The molecule has 0 aromatic heterocycles. The molecular formula is C20H27N3O3. The lowest BCUT2D eigenvalue weighted by atomic mass is 9.96. The van der Waals surface area contributed by atoms with Crippen molar-refractivity contribution in [3.63, 3.8) is 0 Å². The van der Waals surface area contributed by atoms with Gasteiger partial charge in [-0.25, -0.2) is 4.79 Å². The van der Waals surface area contributed by atoms with E-state index < -0.39 is 11.6 Å². The number of nitrogens with one attached hydrogen (secondary N) is 2. The first-order chi connectivity index (χ1) is 12.3. The number of urea groups is 1. The molecule has 0 radical (unpaired) electrons. The van der Waals surface area contributed by atoms with Gasteiger partial charge in [0.1, 0.15) is 12.1 Å². The smallest absolute Gasteiger partial charge is 0.325 e. The van der Waals surface area contributed by atoms with Gasteiger partial charge in [0.25, 0.3) is 5.91 Å².